The molecule has 1 amide bonds. The van der Waals surface area contributed by atoms with E-state index < -0.39 is 5.91 Å². The summed E-state index contributed by atoms with van der Waals surface area (Å²) in [7, 11) is 0. The van der Waals surface area contributed by atoms with Gasteiger partial charge in [-0.05, 0) is 35.0 Å². The van der Waals surface area contributed by atoms with E-state index in [0.29, 0.717) is 23.5 Å². The number of tetrazole rings is 1. The van der Waals surface area contributed by atoms with Crippen molar-refractivity contribution in [2.75, 3.05) is 0 Å². The third-order valence-electron chi connectivity index (χ3n) is 3.29. The van der Waals surface area contributed by atoms with Crippen molar-refractivity contribution in [3.05, 3.63) is 65.2 Å². The number of nitrogens with zero attached hydrogens (tertiary/aromatic N) is 5. The molecule has 0 atom stereocenters. The van der Waals surface area contributed by atoms with Crippen LogP contribution in [0.1, 0.15) is 21.5 Å². The van der Waals surface area contributed by atoms with Crippen molar-refractivity contribution in [3.63, 3.8) is 0 Å². The van der Waals surface area contributed by atoms with E-state index in [0.717, 1.165) is 11.1 Å². The maximum absolute atomic E-state index is 11.1. The quantitative estimate of drug-likeness (QED) is 0.782. The smallest absolute Gasteiger partial charge is 0.248 e. The van der Waals surface area contributed by atoms with Gasteiger partial charge in [-0.25, -0.2) is 0 Å². The number of nitrogens with two attached hydrogens (primary N) is 1. The van der Waals surface area contributed by atoms with Gasteiger partial charge in [-0.1, -0.05) is 24.3 Å². The molecule has 7 heteroatoms. The second-order valence-electron chi connectivity index (χ2n) is 4.89. The number of nitriles is 1. The van der Waals surface area contributed by atoms with Crippen LogP contribution < -0.4 is 5.73 Å². The SMILES string of the molecule is N#Cc1ccc(Cn2nnc(-c3ccc(C(N)=O)cc3)n2)cc1. The van der Waals surface area contributed by atoms with Crippen LogP contribution in [0.25, 0.3) is 11.4 Å². The minimum atomic E-state index is -0.478. The molecule has 112 valence electrons. The minimum absolute atomic E-state index is 0.429. The van der Waals surface area contributed by atoms with Crippen LogP contribution in [0.3, 0.4) is 0 Å². The number of primary amides is 1. The van der Waals surface area contributed by atoms with Crippen molar-refractivity contribution in [2.24, 2.45) is 5.73 Å². The van der Waals surface area contributed by atoms with Gasteiger partial charge in [0.2, 0.25) is 11.7 Å². The standard InChI is InChI=1S/C16H12N6O/c17-9-11-1-3-12(4-2-11)10-22-20-16(19-21-22)14-7-5-13(6-8-14)15(18)23/h1-8H,10H2,(H2,18,23). The van der Waals surface area contributed by atoms with Gasteiger partial charge in [-0.3, -0.25) is 4.79 Å². The van der Waals surface area contributed by atoms with E-state index in [1.54, 1.807) is 36.4 Å². The predicted octanol–water partition coefficient (Wildman–Crippen LogP) is 1.36. The molecule has 0 saturated carbocycles. The Morgan fingerprint density at radius 1 is 1.13 bits per heavy atom. The summed E-state index contributed by atoms with van der Waals surface area (Å²) in [4.78, 5) is 12.5. The van der Waals surface area contributed by atoms with Gasteiger partial charge >= 0.3 is 0 Å². The highest BCUT2D eigenvalue weighted by atomic mass is 16.1. The van der Waals surface area contributed by atoms with E-state index in [1.807, 2.05) is 12.1 Å². The lowest BCUT2D eigenvalue weighted by molar-refractivity contribution is 0.100. The number of aromatic nitrogens is 4. The molecule has 23 heavy (non-hydrogen) atoms. The van der Waals surface area contributed by atoms with E-state index in [2.05, 4.69) is 21.5 Å². The van der Waals surface area contributed by atoms with Crippen molar-refractivity contribution in [1.82, 2.24) is 20.2 Å². The number of hydrogen-bond donors (Lipinski definition) is 1. The Kier molecular flexibility index (Phi) is 3.80. The second-order valence-corrected chi connectivity index (χ2v) is 4.89. The summed E-state index contributed by atoms with van der Waals surface area (Å²) in [5.74, 6) is -0.0105. The first kappa shape index (κ1) is 14.4. The van der Waals surface area contributed by atoms with E-state index in [9.17, 15) is 4.79 Å². The molecule has 0 saturated heterocycles. The van der Waals surface area contributed by atoms with Gasteiger partial charge in [-0.15, -0.1) is 10.2 Å². The predicted molar refractivity (Wildman–Crippen MR) is 82.0 cm³/mol. The summed E-state index contributed by atoms with van der Waals surface area (Å²) in [6, 6.07) is 16.0. The summed E-state index contributed by atoms with van der Waals surface area (Å²) < 4.78 is 0. The molecular formula is C16H12N6O. The lowest BCUT2D eigenvalue weighted by atomic mass is 10.1. The zero-order chi connectivity index (χ0) is 16.2. The summed E-state index contributed by atoms with van der Waals surface area (Å²) in [6.07, 6.45) is 0. The number of carbonyl (C=O) groups excluding carboxylic acids is 1. The third-order valence-corrected chi connectivity index (χ3v) is 3.29. The van der Waals surface area contributed by atoms with Crippen LogP contribution in [0.15, 0.2) is 48.5 Å². The van der Waals surface area contributed by atoms with Crippen molar-refractivity contribution in [1.29, 1.82) is 5.26 Å². The highest BCUT2D eigenvalue weighted by Crippen LogP contribution is 2.14. The van der Waals surface area contributed by atoms with Crippen molar-refractivity contribution in [2.45, 2.75) is 6.54 Å². The molecule has 0 radical (unpaired) electrons. The first-order chi connectivity index (χ1) is 11.2. The molecule has 0 aliphatic rings. The molecule has 3 rings (SSSR count). The van der Waals surface area contributed by atoms with Crippen LogP contribution >= 0.6 is 0 Å². The van der Waals surface area contributed by atoms with Gasteiger partial charge < -0.3 is 5.73 Å². The molecule has 3 aromatic rings. The fraction of sp³-hybridized carbons (Fsp3) is 0.0625. The molecule has 0 fully saturated rings. The van der Waals surface area contributed by atoms with E-state index in [4.69, 9.17) is 11.0 Å². The highest BCUT2D eigenvalue weighted by molar-refractivity contribution is 5.93. The Morgan fingerprint density at radius 3 is 2.43 bits per heavy atom. The van der Waals surface area contributed by atoms with Crippen molar-refractivity contribution >= 4 is 5.91 Å². The van der Waals surface area contributed by atoms with E-state index in [1.165, 1.54) is 4.80 Å². The van der Waals surface area contributed by atoms with Crippen LogP contribution in [-0.2, 0) is 6.54 Å². The molecule has 7 nitrogen and oxygen atoms in total. The Hall–Kier alpha value is -3.53. The monoisotopic (exact) mass is 304 g/mol. The summed E-state index contributed by atoms with van der Waals surface area (Å²) in [5.41, 5.74) is 7.96. The Morgan fingerprint density at radius 2 is 1.83 bits per heavy atom. The largest absolute Gasteiger partial charge is 0.366 e. The zero-order valence-electron chi connectivity index (χ0n) is 12.0. The Labute approximate surface area is 132 Å². The van der Waals surface area contributed by atoms with Gasteiger partial charge in [0, 0.05) is 11.1 Å². The number of carbonyl (C=O) groups is 1. The lowest BCUT2D eigenvalue weighted by Gasteiger charge is -1.99. The molecule has 0 aliphatic carbocycles. The maximum atomic E-state index is 11.1. The maximum Gasteiger partial charge on any atom is 0.248 e. The van der Waals surface area contributed by atoms with Gasteiger partial charge in [0.15, 0.2) is 0 Å². The van der Waals surface area contributed by atoms with Crippen molar-refractivity contribution < 1.29 is 4.79 Å². The van der Waals surface area contributed by atoms with Crippen LogP contribution in [0.2, 0.25) is 0 Å². The third kappa shape index (κ3) is 3.22. The van der Waals surface area contributed by atoms with Gasteiger partial charge in [0.25, 0.3) is 0 Å². The molecule has 0 unspecified atom stereocenters. The van der Waals surface area contributed by atoms with Gasteiger partial charge in [0.1, 0.15) is 0 Å². The summed E-state index contributed by atoms with van der Waals surface area (Å²) in [5, 5.41) is 21.1. The molecule has 1 aromatic heterocycles. The number of rotatable bonds is 4. The van der Waals surface area contributed by atoms with Crippen LogP contribution in [0.5, 0.6) is 0 Å². The molecule has 0 spiro atoms. The number of hydrogen-bond acceptors (Lipinski definition) is 5. The Bertz CT molecular complexity index is 874. The number of benzene rings is 2. The van der Waals surface area contributed by atoms with Gasteiger partial charge in [-0.2, -0.15) is 10.1 Å². The van der Waals surface area contributed by atoms with Crippen LogP contribution in [-0.4, -0.2) is 26.1 Å². The average Bonchev–Trinajstić information content (AvgIpc) is 3.04. The van der Waals surface area contributed by atoms with Crippen LogP contribution in [0, 0.1) is 11.3 Å². The zero-order valence-corrected chi connectivity index (χ0v) is 12.0. The second kappa shape index (κ2) is 6.07. The number of amides is 1. The first-order valence-electron chi connectivity index (χ1n) is 6.83. The lowest BCUT2D eigenvalue weighted by Crippen LogP contribution is -2.10. The summed E-state index contributed by atoms with van der Waals surface area (Å²) in [6.45, 7) is 0.456. The molecule has 2 N–H and O–H groups in total. The summed E-state index contributed by atoms with van der Waals surface area (Å²) >= 11 is 0. The first-order valence-corrected chi connectivity index (χ1v) is 6.83. The topological polar surface area (TPSA) is 110 Å². The average molecular weight is 304 g/mol. The fourth-order valence-corrected chi connectivity index (χ4v) is 2.06. The molecule has 0 aliphatic heterocycles. The van der Waals surface area contributed by atoms with Crippen molar-refractivity contribution in [3.8, 4) is 17.5 Å². The van der Waals surface area contributed by atoms with E-state index in [-0.39, 0.29) is 0 Å². The van der Waals surface area contributed by atoms with Crippen LogP contribution in [0.4, 0.5) is 0 Å². The highest BCUT2D eigenvalue weighted by Gasteiger charge is 2.08. The van der Waals surface area contributed by atoms with E-state index >= 15 is 0 Å². The molecule has 2 aromatic carbocycles. The Balaban J connectivity index is 1.77. The fourth-order valence-electron chi connectivity index (χ4n) is 2.06. The molecular weight excluding hydrogens is 292 g/mol. The van der Waals surface area contributed by atoms with Gasteiger partial charge in [0.05, 0.1) is 18.2 Å². The normalized spacial score (nSPS) is 10.2. The minimum Gasteiger partial charge on any atom is -0.366 e. The molecule has 1 heterocycles. The molecule has 0 bridgehead atoms.